The quantitative estimate of drug-likeness (QED) is 0.763. The third-order valence-electron chi connectivity index (χ3n) is 2.46. The van der Waals surface area contributed by atoms with E-state index in [1.54, 1.807) is 6.20 Å². The Kier molecular flexibility index (Phi) is 6.26. The maximum Gasteiger partial charge on any atom is 0.0378 e. The number of nitrogens with zero attached hydrogens (tertiary/aromatic N) is 1. The predicted molar refractivity (Wildman–Crippen MR) is 72.8 cm³/mol. The van der Waals surface area contributed by atoms with E-state index in [4.69, 9.17) is 5.73 Å². The van der Waals surface area contributed by atoms with Gasteiger partial charge in [-0.25, -0.2) is 0 Å². The molecule has 16 heavy (non-hydrogen) atoms. The van der Waals surface area contributed by atoms with Crippen molar-refractivity contribution in [2.24, 2.45) is 0 Å². The lowest BCUT2D eigenvalue weighted by Crippen LogP contribution is -2.34. The smallest absolute Gasteiger partial charge is 0.0378 e. The van der Waals surface area contributed by atoms with Gasteiger partial charge in [0, 0.05) is 29.9 Å². The average molecular weight is 239 g/mol. The third kappa shape index (κ3) is 4.41. The molecule has 1 aromatic heterocycles. The zero-order valence-corrected chi connectivity index (χ0v) is 10.9. The maximum atomic E-state index is 5.92. The molecule has 4 heteroatoms. The van der Waals surface area contributed by atoms with E-state index in [0.29, 0.717) is 6.04 Å². The molecule has 0 bridgehead atoms. The fraction of sp³-hybridized carbons (Fsp3) is 0.583. The molecule has 1 heterocycles. The largest absolute Gasteiger partial charge is 0.398 e. The Morgan fingerprint density at radius 2 is 2.38 bits per heavy atom. The van der Waals surface area contributed by atoms with E-state index in [2.05, 4.69) is 23.5 Å². The van der Waals surface area contributed by atoms with Gasteiger partial charge in [-0.1, -0.05) is 6.92 Å². The fourth-order valence-corrected chi connectivity index (χ4v) is 2.25. The Balaban J connectivity index is 2.56. The molecule has 0 aliphatic carbocycles. The van der Waals surface area contributed by atoms with Gasteiger partial charge in [0.1, 0.15) is 0 Å². The molecule has 3 nitrogen and oxygen atoms in total. The Morgan fingerprint density at radius 1 is 1.56 bits per heavy atom. The number of rotatable bonds is 7. The van der Waals surface area contributed by atoms with Crippen LogP contribution in [0.4, 0.5) is 5.69 Å². The summed E-state index contributed by atoms with van der Waals surface area (Å²) in [7, 11) is 0. The molecule has 0 spiro atoms. The predicted octanol–water partition coefficient (Wildman–Crippen LogP) is 1.94. The van der Waals surface area contributed by atoms with Crippen molar-refractivity contribution in [3.63, 3.8) is 0 Å². The molecule has 0 fully saturated rings. The topological polar surface area (TPSA) is 50.9 Å². The van der Waals surface area contributed by atoms with Crippen LogP contribution >= 0.6 is 11.8 Å². The highest BCUT2D eigenvalue weighted by Crippen LogP contribution is 2.13. The van der Waals surface area contributed by atoms with E-state index in [-0.39, 0.29) is 0 Å². The number of thioether (sulfide) groups is 1. The lowest BCUT2D eigenvalue weighted by Gasteiger charge is -2.18. The molecule has 0 saturated heterocycles. The van der Waals surface area contributed by atoms with Crippen molar-refractivity contribution in [3.8, 4) is 0 Å². The summed E-state index contributed by atoms with van der Waals surface area (Å²) in [6.45, 7) is 3.24. The Labute approximate surface area is 102 Å². The highest BCUT2D eigenvalue weighted by atomic mass is 32.2. The van der Waals surface area contributed by atoms with Gasteiger partial charge in [-0.15, -0.1) is 0 Å². The molecule has 3 N–H and O–H groups in total. The average Bonchev–Trinajstić information content (AvgIpc) is 2.29. The number of nitrogen functional groups attached to an aromatic ring is 1. The summed E-state index contributed by atoms with van der Waals surface area (Å²) in [6.07, 6.45) is 7.86. The van der Waals surface area contributed by atoms with Crippen molar-refractivity contribution in [1.29, 1.82) is 0 Å². The molecular weight excluding hydrogens is 218 g/mol. The van der Waals surface area contributed by atoms with Crippen molar-refractivity contribution < 1.29 is 0 Å². The number of nitrogens with two attached hydrogens (primary N) is 1. The molecule has 0 radical (unpaired) electrons. The fourth-order valence-electron chi connectivity index (χ4n) is 1.61. The monoisotopic (exact) mass is 239 g/mol. The zero-order valence-electron chi connectivity index (χ0n) is 10.1. The second-order valence-corrected chi connectivity index (χ2v) is 4.80. The van der Waals surface area contributed by atoms with E-state index >= 15 is 0 Å². The molecule has 1 unspecified atom stereocenters. The minimum Gasteiger partial charge on any atom is -0.398 e. The van der Waals surface area contributed by atoms with E-state index < -0.39 is 0 Å². The van der Waals surface area contributed by atoms with Gasteiger partial charge in [-0.3, -0.25) is 4.98 Å². The van der Waals surface area contributed by atoms with Crippen LogP contribution in [0.1, 0.15) is 18.9 Å². The van der Waals surface area contributed by atoms with E-state index in [0.717, 1.165) is 36.4 Å². The minimum absolute atomic E-state index is 0.487. The summed E-state index contributed by atoms with van der Waals surface area (Å²) >= 11 is 1.86. The summed E-state index contributed by atoms with van der Waals surface area (Å²) in [5, 5.41) is 3.54. The first kappa shape index (κ1) is 13.3. The van der Waals surface area contributed by atoms with Gasteiger partial charge in [0.2, 0.25) is 0 Å². The number of anilines is 1. The van der Waals surface area contributed by atoms with Crippen molar-refractivity contribution in [2.45, 2.75) is 25.8 Å². The van der Waals surface area contributed by atoms with Crippen LogP contribution in [0.5, 0.6) is 0 Å². The summed E-state index contributed by atoms with van der Waals surface area (Å²) in [4.78, 5) is 4.12. The van der Waals surface area contributed by atoms with E-state index in [1.807, 2.05) is 24.0 Å². The Hall–Kier alpha value is -0.740. The summed E-state index contributed by atoms with van der Waals surface area (Å²) in [5.74, 6) is 1.11. The molecule has 0 aromatic carbocycles. The Morgan fingerprint density at radius 3 is 3.00 bits per heavy atom. The standard InChI is InChI=1S/C12H21N3S/c1-3-5-15-11(9-16-2)7-10-8-14-6-4-12(10)13/h4,6,8,11,15H,3,5,7,9H2,1-2H3,(H2,13,14). The highest BCUT2D eigenvalue weighted by Gasteiger charge is 2.09. The molecule has 1 aromatic rings. The first-order chi connectivity index (χ1) is 7.77. The Bertz CT molecular complexity index is 304. The van der Waals surface area contributed by atoms with Crippen molar-refractivity contribution in [1.82, 2.24) is 10.3 Å². The van der Waals surface area contributed by atoms with Crippen molar-refractivity contribution in [2.75, 3.05) is 24.3 Å². The maximum absolute atomic E-state index is 5.92. The molecule has 0 amide bonds. The lowest BCUT2D eigenvalue weighted by atomic mass is 10.1. The van der Waals surface area contributed by atoms with Gasteiger partial charge in [0.25, 0.3) is 0 Å². The van der Waals surface area contributed by atoms with Crippen molar-refractivity contribution in [3.05, 3.63) is 24.0 Å². The van der Waals surface area contributed by atoms with Crippen LogP contribution in [0.15, 0.2) is 18.5 Å². The van der Waals surface area contributed by atoms with Crippen LogP contribution in [0, 0.1) is 0 Å². The summed E-state index contributed by atoms with van der Waals surface area (Å²) < 4.78 is 0. The molecular formula is C12H21N3S. The SMILES string of the molecule is CCCNC(CSC)Cc1cnccc1N. The van der Waals surface area contributed by atoms with Crippen LogP contribution in [0.3, 0.4) is 0 Å². The summed E-state index contributed by atoms with van der Waals surface area (Å²) in [5.41, 5.74) is 7.91. The van der Waals surface area contributed by atoms with Crippen LogP contribution < -0.4 is 11.1 Å². The zero-order chi connectivity index (χ0) is 11.8. The number of aromatic nitrogens is 1. The first-order valence-electron chi connectivity index (χ1n) is 5.68. The second kappa shape index (κ2) is 7.52. The number of hydrogen-bond donors (Lipinski definition) is 2. The summed E-state index contributed by atoms with van der Waals surface area (Å²) in [6, 6.07) is 2.35. The number of nitrogens with one attached hydrogen (secondary N) is 1. The number of hydrogen-bond acceptors (Lipinski definition) is 4. The van der Waals surface area contributed by atoms with Crippen LogP contribution in [0.25, 0.3) is 0 Å². The molecule has 1 rings (SSSR count). The molecule has 0 saturated carbocycles. The highest BCUT2D eigenvalue weighted by molar-refractivity contribution is 7.98. The van der Waals surface area contributed by atoms with Gasteiger partial charge in [-0.2, -0.15) is 11.8 Å². The van der Waals surface area contributed by atoms with Crippen LogP contribution in [-0.4, -0.2) is 29.6 Å². The van der Waals surface area contributed by atoms with E-state index in [9.17, 15) is 0 Å². The van der Waals surface area contributed by atoms with E-state index in [1.165, 1.54) is 0 Å². The van der Waals surface area contributed by atoms with Crippen LogP contribution in [-0.2, 0) is 6.42 Å². The lowest BCUT2D eigenvalue weighted by molar-refractivity contribution is 0.550. The van der Waals surface area contributed by atoms with Gasteiger partial charge in [0.05, 0.1) is 0 Å². The van der Waals surface area contributed by atoms with Crippen LogP contribution in [0.2, 0.25) is 0 Å². The molecule has 0 aliphatic rings. The first-order valence-corrected chi connectivity index (χ1v) is 7.08. The van der Waals surface area contributed by atoms with Crippen molar-refractivity contribution >= 4 is 17.4 Å². The second-order valence-electron chi connectivity index (χ2n) is 3.89. The van der Waals surface area contributed by atoms with Gasteiger partial charge in [-0.05, 0) is 37.3 Å². The minimum atomic E-state index is 0.487. The number of pyridine rings is 1. The normalized spacial score (nSPS) is 12.6. The third-order valence-corrected chi connectivity index (χ3v) is 3.19. The van der Waals surface area contributed by atoms with Gasteiger partial charge >= 0.3 is 0 Å². The molecule has 90 valence electrons. The van der Waals surface area contributed by atoms with Gasteiger partial charge in [0.15, 0.2) is 0 Å². The van der Waals surface area contributed by atoms with Gasteiger partial charge < -0.3 is 11.1 Å². The molecule has 1 atom stereocenters. The molecule has 0 aliphatic heterocycles.